The van der Waals surface area contributed by atoms with Crippen molar-refractivity contribution in [3.8, 4) is 0 Å². The van der Waals surface area contributed by atoms with E-state index < -0.39 is 0 Å². The molecule has 0 amide bonds. The zero-order chi connectivity index (χ0) is 11.8. The summed E-state index contributed by atoms with van der Waals surface area (Å²) in [6.45, 7) is 8.83. The van der Waals surface area contributed by atoms with E-state index in [2.05, 4.69) is 31.0 Å². The molecular weight excluding hydrogens is 200 g/mol. The molecule has 2 saturated heterocycles. The van der Waals surface area contributed by atoms with Gasteiger partial charge in [0.2, 0.25) is 0 Å². The number of nitrogens with zero attached hydrogens (tertiary/aromatic N) is 1. The molecule has 2 fully saturated rings. The average Bonchev–Trinajstić information content (AvgIpc) is 2.41. The van der Waals surface area contributed by atoms with Crippen molar-refractivity contribution in [1.29, 1.82) is 0 Å². The first-order valence-electron chi connectivity index (χ1n) is 6.64. The Hall–Kier alpha value is -0.120. The first-order valence-corrected chi connectivity index (χ1v) is 6.64. The average molecular weight is 226 g/mol. The number of fused-ring (bicyclic) bond motifs is 2. The maximum absolute atomic E-state index is 9.72. The van der Waals surface area contributed by atoms with Gasteiger partial charge in [-0.3, -0.25) is 4.90 Å². The van der Waals surface area contributed by atoms with Crippen LogP contribution in [0.25, 0.3) is 0 Å². The number of hydrogen-bond acceptors (Lipinski definition) is 3. The van der Waals surface area contributed by atoms with Crippen LogP contribution in [0.4, 0.5) is 0 Å². The lowest BCUT2D eigenvalue weighted by Gasteiger charge is -2.37. The summed E-state index contributed by atoms with van der Waals surface area (Å²) >= 11 is 0. The summed E-state index contributed by atoms with van der Waals surface area (Å²) in [5.74, 6) is 0. The molecule has 0 saturated carbocycles. The second kappa shape index (κ2) is 4.63. The molecule has 2 heterocycles. The van der Waals surface area contributed by atoms with Crippen molar-refractivity contribution in [2.45, 2.75) is 70.2 Å². The third-order valence-corrected chi connectivity index (χ3v) is 3.88. The van der Waals surface area contributed by atoms with Crippen LogP contribution in [0, 0.1) is 0 Å². The van der Waals surface area contributed by atoms with Gasteiger partial charge in [0, 0.05) is 30.7 Å². The van der Waals surface area contributed by atoms with Crippen molar-refractivity contribution in [2.75, 3.05) is 13.1 Å². The van der Waals surface area contributed by atoms with Gasteiger partial charge in [-0.15, -0.1) is 0 Å². The SMILES string of the molecule is CC(C)(C)NCCN1C2CCC1CC(O)C2. The molecule has 2 rings (SSSR count). The second-order valence-electron chi connectivity index (χ2n) is 6.42. The highest BCUT2D eigenvalue weighted by Gasteiger charge is 2.39. The third-order valence-electron chi connectivity index (χ3n) is 3.88. The van der Waals surface area contributed by atoms with E-state index in [0.29, 0.717) is 12.1 Å². The maximum atomic E-state index is 9.72. The molecule has 2 bridgehead atoms. The highest BCUT2D eigenvalue weighted by Crippen LogP contribution is 2.35. The molecular formula is C13H26N2O. The summed E-state index contributed by atoms with van der Waals surface area (Å²) in [5, 5.41) is 13.3. The topological polar surface area (TPSA) is 35.5 Å². The van der Waals surface area contributed by atoms with Crippen LogP contribution in [0.1, 0.15) is 46.5 Å². The standard InChI is InChI=1S/C13H26N2O/c1-13(2,3)14-6-7-15-10-4-5-11(15)9-12(16)8-10/h10-12,14,16H,4-9H2,1-3H3. The highest BCUT2D eigenvalue weighted by molar-refractivity contribution is 4.95. The number of nitrogens with one attached hydrogen (secondary N) is 1. The summed E-state index contributed by atoms with van der Waals surface area (Å²) in [5.41, 5.74) is 0.217. The molecule has 2 N–H and O–H groups in total. The van der Waals surface area contributed by atoms with Crippen LogP contribution in [0.15, 0.2) is 0 Å². The van der Waals surface area contributed by atoms with E-state index in [1.165, 1.54) is 12.8 Å². The summed E-state index contributed by atoms with van der Waals surface area (Å²) in [6, 6.07) is 1.30. The number of aliphatic hydroxyl groups is 1. The quantitative estimate of drug-likeness (QED) is 0.763. The van der Waals surface area contributed by atoms with Gasteiger partial charge in [-0.05, 0) is 46.5 Å². The molecule has 0 aromatic heterocycles. The molecule has 0 spiro atoms. The monoisotopic (exact) mass is 226 g/mol. The van der Waals surface area contributed by atoms with Gasteiger partial charge in [-0.2, -0.15) is 0 Å². The lowest BCUT2D eigenvalue weighted by atomic mass is 10.00. The summed E-state index contributed by atoms with van der Waals surface area (Å²) in [6.07, 6.45) is 4.52. The van der Waals surface area contributed by atoms with Crippen LogP contribution in [-0.4, -0.2) is 46.8 Å². The Morgan fingerprint density at radius 2 is 1.75 bits per heavy atom. The van der Waals surface area contributed by atoms with E-state index in [-0.39, 0.29) is 11.6 Å². The Morgan fingerprint density at radius 3 is 2.25 bits per heavy atom. The van der Waals surface area contributed by atoms with Crippen LogP contribution in [0.2, 0.25) is 0 Å². The first kappa shape index (κ1) is 12.3. The van der Waals surface area contributed by atoms with Crippen LogP contribution in [0.3, 0.4) is 0 Å². The minimum Gasteiger partial charge on any atom is -0.393 e. The van der Waals surface area contributed by atoms with Crippen LogP contribution < -0.4 is 5.32 Å². The molecule has 94 valence electrons. The van der Waals surface area contributed by atoms with Gasteiger partial charge in [0.25, 0.3) is 0 Å². The van der Waals surface area contributed by atoms with Gasteiger partial charge in [-0.1, -0.05) is 0 Å². The smallest absolute Gasteiger partial charge is 0.0570 e. The zero-order valence-corrected chi connectivity index (χ0v) is 10.9. The van der Waals surface area contributed by atoms with Gasteiger partial charge < -0.3 is 10.4 Å². The molecule has 0 radical (unpaired) electrons. The molecule has 0 aromatic rings. The van der Waals surface area contributed by atoms with E-state index in [0.717, 1.165) is 25.9 Å². The minimum atomic E-state index is -0.0377. The summed E-state index contributed by atoms with van der Waals surface area (Å²) in [7, 11) is 0. The number of hydrogen-bond donors (Lipinski definition) is 2. The Kier molecular flexibility index (Phi) is 3.57. The van der Waals surface area contributed by atoms with Gasteiger partial charge in [-0.25, -0.2) is 0 Å². The van der Waals surface area contributed by atoms with E-state index in [1.54, 1.807) is 0 Å². The van der Waals surface area contributed by atoms with Crippen LogP contribution >= 0.6 is 0 Å². The number of aliphatic hydroxyl groups excluding tert-OH is 1. The Labute approximate surface area is 99.2 Å². The van der Waals surface area contributed by atoms with Crippen molar-refractivity contribution in [3.05, 3.63) is 0 Å². The van der Waals surface area contributed by atoms with E-state index >= 15 is 0 Å². The fourth-order valence-electron chi connectivity index (χ4n) is 3.17. The second-order valence-corrected chi connectivity index (χ2v) is 6.42. The molecule has 16 heavy (non-hydrogen) atoms. The maximum Gasteiger partial charge on any atom is 0.0570 e. The lowest BCUT2D eigenvalue weighted by molar-refractivity contribution is 0.0353. The lowest BCUT2D eigenvalue weighted by Crippen LogP contribution is -2.49. The predicted molar refractivity (Wildman–Crippen MR) is 66.5 cm³/mol. The molecule has 3 nitrogen and oxygen atoms in total. The Balaban J connectivity index is 1.79. The van der Waals surface area contributed by atoms with Crippen molar-refractivity contribution < 1.29 is 5.11 Å². The van der Waals surface area contributed by atoms with Gasteiger partial charge in [0.1, 0.15) is 0 Å². The number of piperidine rings is 1. The molecule has 2 atom stereocenters. The van der Waals surface area contributed by atoms with Crippen LogP contribution in [0.5, 0.6) is 0 Å². The Bertz CT molecular complexity index is 223. The van der Waals surface area contributed by atoms with E-state index in [1.807, 2.05) is 0 Å². The van der Waals surface area contributed by atoms with Gasteiger partial charge in [0.15, 0.2) is 0 Å². The summed E-state index contributed by atoms with van der Waals surface area (Å²) in [4.78, 5) is 2.62. The first-order chi connectivity index (χ1) is 7.46. The normalized spacial score (nSPS) is 35.6. The van der Waals surface area contributed by atoms with Crippen molar-refractivity contribution in [1.82, 2.24) is 10.2 Å². The molecule has 0 aromatic carbocycles. The fourth-order valence-corrected chi connectivity index (χ4v) is 3.17. The third kappa shape index (κ3) is 2.96. The van der Waals surface area contributed by atoms with Gasteiger partial charge in [0.05, 0.1) is 6.10 Å². The van der Waals surface area contributed by atoms with Crippen LogP contribution in [-0.2, 0) is 0 Å². The molecule has 3 heteroatoms. The molecule has 2 aliphatic rings. The van der Waals surface area contributed by atoms with Crippen molar-refractivity contribution in [2.24, 2.45) is 0 Å². The summed E-state index contributed by atoms with van der Waals surface area (Å²) < 4.78 is 0. The molecule has 2 aliphatic heterocycles. The molecule has 0 aliphatic carbocycles. The van der Waals surface area contributed by atoms with Gasteiger partial charge >= 0.3 is 0 Å². The highest BCUT2D eigenvalue weighted by atomic mass is 16.3. The zero-order valence-electron chi connectivity index (χ0n) is 10.9. The predicted octanol–water partition coefficient (Wildman–Crippen LogP) is 1.36. The van der Waals surface area contributed by atoms with Crippen molar-refractivity contribution in [3.63, 3.8) is 0 Å². The van der Waals surface area contributed by atoms with E-state index in [9.17, 15) is 5.11 Å². The Morgan fingerprint density at radius 1 is 1.19 bits per heavy atom. The minimum absolute atomic E-state index is 0.0377. The largest absolute Gasteiger partial charge is 0.393 e. The molecule has 2 unspecified atom stereocenters. The van der Waals surface area contributed by atoms with E-state index in [4.69, 9.17) is 0 Å². The fraction of sp³-hybridized carbons (Fsp3) is 1.00. The number of rotatable bonds is 3. The van der Waals surface area contributed by atoms with Crippen molar-refractivity contribution >= 4 is 0 Å².